The highest BCUT2D eigenvalue weighted by molar-refractivity contribution is 7.86. The summed E-state index contributed by atoms with van der Waals surface area (Å²) in [6.07, 6.45) is 2.10. The number of hydrogen-bond acceptors (Lipinski definition) is 5. The van der Waals surface area contributed by atoms with Crippen LogP contribution in [0.2, 0.25) is 5.02 Å². The SMILES string of the molecule is COC(=O)C1CCCCN1S(=O)(=O)N1CCN(c2ccc(Cl)cc2)CC1. The third-order valence-corrected chi connectivity index (χ3v) is 7.28. The van der Waals surface area contributed by atoms with E-state index in [0.29, 0.717) is 44.2 Å². The molecule has 2 heterocycles. The average Bonchev–Trinajstić information content (AvgIpc) is 2.68. The van der Waals surface area contributed by atoms with Gasteiger partial charge in [0.15, 0.2) is 0 Å². The van der Waals surface area contributed by atoms with Crippen LogP contribution in [0, 0.1) is 0 Å². The Morgan fingerprint density at radius 1 is 1.08 bits per heavy atom. The van der Waals surface area contributed by atoms with Crippen molar-refractivity contribution in [3.63, 3.8) is 0 Å². The van der Waals surface area contributed by atoms with Crippen LogP contribution in [0.5, 0.6) is 0 Å². The van der Waals surface area contributed by atoms with Gasteiger partial charge in [0.05, 0.1) is 7.11 Å². The number of carbonyl (C=O) groups excluding carboxylic acids is 1. The Kier molecular flexibility index (Phi) is 6.06. The molecule has 2 saturated heterocycles. The van der Waals surface area contributed by atoms with Gasteiger partial charge < -0.3 is 9.64 Å². The molecule has 0 bridgehead atoms. The van der Waals surface area contributed by atoms with Gasteiger partial charge in [0.2, 0.25) is 0 Å². The lowest BCUT2D eigenvalue weighted by Crippen LogP contribution is -2.57. The summed E-state index contributed by atoms with van der Waals surface area (Å²) in [5.74, 6) is -0.479. The molecule has 1 aromatic rings. The minimum Gasteiger partial charge on any atom is -0.468 e. The fourth-order valence-electron chi connectivity index (χ4n) is 3.53. The van der Waals surface area contributed by atoms with E-state index in [1.807, 2.05) is 24.3 Å². The number of piperidine rings is 1. The van der Waals surface area contributed by atoms with E-state index in [-0.39, 0.29) is 0 Å². The topological polar surface area (TPSA) is 70.2 Å². The second-order valence-electron chi connectivity index (χ2n) is 6.52. The van der Waals surface area contributed by atoms with Crippen LogP contribution in [0.15, 0.2) is 24.3 Å². The summed E-state index contributed by atoms with van der Waals surface area (Å²) in [7, 11) is -2.39. The number of rotatable bonds is 4. The van der Waals surface area contributed by atoms with E-state index < -0.39 is 22.2 Å². The molecule has 0 amide bonds. The molecule has 0 aromatic heterocycles. The summed E-state index contributed by atoms with van der Waals surface area (Å²) < 4.78 is 33.7. The molecule has 26 heavy (non-hydrogen) atoms. The molecular formula is C17H24ClN3O4S. The highest BCUT2D eigenvalue weighted by Gasteiger charge is 2.41. The lowest BCUT2D eigenvalue weighted by atomic mass is 10.1. The standard InChI is InChI=1S/C17H24ClN3O4S/c1-25-17(22)16-4-2-3-9-21(16)26(23,24)20-12-10-19(11-13-20)15-7-5-14(18)6-8-15/h5-8,16H,2-4,9-13H2,1H3. The fraction of sp³-hybridized carbons (Fsp3) is 0.588. The summed E-state index contributed by atoms with van der Waals surface area (Å²) in [6.45, 7) is 2.32. The summed E-state index contributed by atoms with van der Waals surface area (Å²) in [4.78, 5) is 14.1. The van der Waals surface area contributed by atoms with Gasteiger partial charge in [-0.3, -0.25) is 4.79 Å². The summed E-state index contributed by atoms with van der Waals surface area (Å²) in [6, 6.07) is 6.81. The molecule has 0 aliphatic carbocycles. The highest BCUT2D eigenvalue weighted by Crippen LogP contribution is 2.26. The number of ether oxygens (including phenoxy) is 1. The smallest absolute Gasteiger partial charge is 0.324 e. The van der Waals surface area contributed by atoms with Crippen molar-refractivity contribution >= 4 is 33.5 Å². The van der Waals surface area contributed by atoms with Crippen LogP contribution in [0.25, 0.3) is 0 Å². The molecule has 2 aliphatic rings. The first-order valence-electron chi connectivity index (χ1n) is 8.79. The van der Waals surface area contributed by atoms with Crippen LogP contribution >= 0.6 is 11.6 Å². The van der Waals surface area contributed by atoms with Gasteiger partial charge >= 0.3 is 5.97 Å². The molecule has 0 spiro atoms. The summed E-state index contributed by atoms with van der Waals surface area (Å²) >= 11 is 5.92. The number of piperazine rings is 1. The van der Waals surface area contributed by atoms with Crippen molar-refractivity contribution in [1.29, 1.82) is 0 Å². The maximum atomic E-state index is 13.1. The first kappa shape index (κ1) is 19.4. The molecule has 0 radical (unpaired) electrons. The van der Waals surface area contributed by atoms with E-state index >= 15 is 0 Å². The van der Waals surface area contributed by atoms with Gasteiger partial charge in [0.1, 0.15) is 6.04 Å². The second-order valence-corrected chi connectivity index (χ2v) is 8.83. The Bertz CT molecular complexity index is 733. The first-order valence-corrected chi connectivity index (χ1v) is 10.6. The number of hydrogen-bond donors (Lipinski definition) is 0. The number of benzene rings is 1. The molecule has 1 unspecified atom stereocenters. The third-order valence-electron chi connectivity index (χ3n) is 4.98. The largest absolute Gasteiger partial charge is 0.468 e. The number of anilines is 1. The Hall–Kier alpha value is -1.35. The maximum Gasteiger partial charge on any atom is 0.324 e. The molecular weight excluding hydrogens is 378 g/mol. The number of esters is 1. The van der Waals surface area contributed by atoms with E-state index in [2.05, 4.69) is 4.90 Å². The monoisotopic (exact) mass is 401 g/mol. The minimum absolute atomic E-state index is 0.361. The van der Waals surface area contributed by atoms with Crippen molar-refractivity contribution < 1.29 is 17.9 Å². The predicted octanol–water partition coefficient (Wildman–Crippen LogP) is 1.73. The van der Waals surface area contributed by atoms with Gasteiger partial charge in [-0.15, -0.1) is 0 Å². The average molecular weight is 402 g/mol. The summed E-state index contributed by atoms with van der Waals surface area (Å²) in [5, 5.41) is 0.675. The molecule has 144 valence electrons. The van der Waals surface area contributed by atoms with Crippen LogP contribution < -0.4 is 4.90 Å². The lowest BCUT2D eigenvalue weighted by molar-refractivity contribution is -0.146. The maximum absolute atomic E-state index is 13.1. The quantitative estimate of drug-likeness (QED) is 0.718. The molecule has 1 atom stereocenters. The Morgan fingerprint density at radius 2 is 1.73 bits per heavy atom. The lowest BCUT2D eigenvalue weighted by Gasteiger charge is -2.40. The van der Waals surface area contributed by atoms with Crippen molar-refractivity contribution in [1.82, 2.24) is 8.61 Å². The first-order chi connectivity index (χ1) is 12.4. The number of carbonyl (C=O) groups is 1. The molecule has 1 aromatic carbocycles. The third kappa shape index (κ3) is 3.98. The van der Waals surface area contributed by atoms with E-state index in [0.717, 1.165) is 18.5 Å². The molecule has 3 rings (SSSR count). The molecule has 9 heteroatoms. The van der Waals surface area contributed by atoms with Crippen LogP contribution in [-0.4, -0.2) is 68.9 Å². The molecule has 0 N–H and O–H groups in total. The minimum atomic E-state index is -3.68. The Labute approximate surface area is 159 Å². The number of nitrogens with zero attached hydrogens (tertiary/aromatic N) is 3. The molecule has 2 fully saturated rings. The van der Waals surface area contributed by atoms with E-state index in [1.54, 1.807) is 0 Å². The molecule has 0 saturated carbocycles. The second kappa shape index (κ2) is 8.12. The van der Waals surface area contributed by atoms with Crippen LogP contribution in [-0.2, 0) is 19.7 Å². The normalized spacial score (nSPS) is 23.0. The van der Waals surface area contributed by atoms with Gasteiger partial charge in [0.25, 0.3) is 10.2 Å². The summed E-state index contributed by atoms with van der Waals surface area (Å²) in [5.41, 5.74) is 1.02. The van der Waals surface area contributed by atoms with E-state index in [9.17, 15) is 13.2 Å². The van der Waals surface area contributed by atoms with Crippen molar-refractivity contribution in [2.75, 3.05) is 44.7 Å². The van der Waals surface area contributed by atoms with E-state index in [4.69, 9.17) is 16.3 Å². The Morgan fingerprint density at radius 3 is 2.35 bits per heavy atom. The van der Waals surface area contributed by atoms with Gasteiger partial charge in [-0.25, -0.2) is 0 Å². The fourth-order valence-corrected chi connectivity index (χ4v) is 5.45. The van der Waals surface area contributed by atoms with Crippen LogP contribution in [0.3, 0.4) is 0 Å². The van der Waals surface area contributed by atoms with Gasteiger partial charge in [0, 0.05) is 43.4 Å². The van der Waals surface area contributed by atoms with Gasteiger partial charge in [-0.1, -0.05) is 11.6 Å². The van der Waals surface area contributed by atoms with Gasteiger partial charge in [-0.05, 0) is 43.5 Å². The predicted molar refractivity (Wildman–Crippen MR) is 101 cm³/mol. The van der Waals surface area contributed by atoms with Crippen molar-refractivity contribution in [3.8, 4) is 0 Å². The van der Waals surface area contributed by atoms with Crippen LogP contribution in [0.4, 0.5) is 5.69 Å². The molecule has 7 nitrogen and oxygen atoms in total. The number of methoxy groups -OCH3 is 1. The Balaban J connectivity index is 1.69. The van der Waals surface area contributed by atoms with Gasteiger partial charge in [-0.2, -0.15) is 17.0 Å². The van der Waals surface area contributed by atoms with Crippen molar-refractivity contribution in [2.24, 2.45) is 0 Å². The zero-order valence-corrected chi connectivity index (χ0v) is 16.4. The van der Waals surface area contributed by atoms with Crippen molar-refractivity contribution in [3.05, 3.63) is 29.3 Å². The van der Waals surface area contributed by atoms with Crippen LogP contribution in [0.1, 0.15) is 19.3 Å². The number of halogens is 1. The zero-order chi connectivity index (χ0) is 18.7. The molecule has 2 aliphatic heterocycles. The van der Waals surface area contributed by atoms with E-state index in [1.165, 1.54) is 15.7 Å². The van der Waals surface area contributed by atoms with Crippen molar-refractivity contribution in [2.45, 2.75) is 25.3 Å². The zero-order valence-electron chi connectivity index (χ0n) is 14.8. The highest BCUT2D eigenvalue weighted by atomic mass is 35.5.